The number of hydrogen-bond donors (Lipinski definition) is 2. The molecular formula is C16H16ClF2N5O. The zero-order valence-corrected chi connectivity index (χ0v) is 14.3. The van der Waals surface area contributed by atoms with Crippen LogP contribution in [0.2, 0.25) is 5.02 Å². The van der Waals surface area contributed by atoms with E-state index in [1.165, 1.54) is 30.6 Å². The molecule has 1 aromatic heterocycles. The van der Waals surface area contributed by atoms with Crippen LogP contribution in [-0.4, -0.2) is 16.6 Å². The molecule has 0 aliphatic carbocycles. The molecule has 0 unspecified atom stereocenters. The minimum Gasteiger partial charge on any atom is -0.457 e. The molecule has 0 bridgehead atoms. The lowest BCUT2D eigenvalue weighted by Gasteiger charge is -2.12. The highest BCUT2D eigenvalue weighted by molar-refractivity contribution is 6.31. The Morgan fingerprint density at radius 3 is 2.88 bits per heavy atom. The van der Waals surface area contributed by atoms with E-state index in [1.54, 1.807) is 13.0 Å². The number of nitrogens with zero attached hydrogens (tertiary/aromatic N) is 3. The molecular weight excluding hydrogens is 352 g/mol. The molecule has 1 aromatic carbocycles. The van der Waals surface area contributed by atoms with Gasteiger partial charge in [-0.25, -0.2) is 19.3 Å². The lowest BCUT2D eigenvalue weighted by atomic mass is 10.1. The van der Waals surface area contributed by atoms with Crippen LogP contribution in [-0.2, 0) is 5.92 Å². The van der Waals surface area contributed by atoms with Crippen LogP contribution in [0, 0.1) is 12.5 Å². The van der Waals surface area contributed by atoms with E-state index in [-0.39, 0.29) is 23.9 Å². The monoisotopic (exact) mass is 367 g/mol. The molecule has 2 N–H and O–H groups in total. The molecule has 0 spiro atoms. The maximum absolute atomic E-state index is 13.3. The minimum absolute atomic E-state index is 0.0683. The molecule has 2 rings (SSSR count). The third kappa shape index (κ3) is 5.46. The Kier molecular flexibility index (Phi) is 5.97. The highest BCUT2D eigenvalue weighted by atomic mass is 35.5. The Bertz CT molecular complexity index is 792. The van der Waals surface area contributed by atoms with E-state index in [2.05, 4.69) is 20.4 Å². The molecule has 0 radical (unpaired) electrons. The van der Waals surface area contributed by atoms with Gasteiger partial charge in [-0.15, -0.1) is 0 Å². The molecule has 0 aliphatic heterocycles. The third-order valence-corrected chi connectivity index (χ3v) is 3.54. The van der Waals surface area contributed by atoms with Crippen LogP contribution in [0.4, 0.5) is 14.5 Å². The predicted molar refractivity (Wildman–Crippen MR) is 90.1 cm³/mol. The van der Waals surface area contributed by atoms with E-state index in [1.807, 2.05) is 0 Å². The third-order valence-electron chi connectivity index (χ3n) is 3.16. The van der Waals surface area contributed by atoms with Crippen LogP contribution < -0.4 is 10.1 Å². The SMILES string of the molecule is Cc1nc(OC/C(=C/Nc2cccc(C(C)(F)F)c2)N=N)ncc1Cl. The second-order valence-corrected chi connectivity index (χ2v) is 5.64. The molecule has 9 heteroatoms. The van der Waals surface area contributed by atoms with Crippen molar-refractivity contribution in [3.05, 3.63) is 58.6 Å². The number of rotatable bonds is 7. The van der Waals surface area contributed by atoms with E-state index in [0.29, 0.717) is 16.4 Å². The summed E-state index contributed by atoms with van der Waals surface area (Å²) in [7, 11) is 0. The van der Waals surface area contributed by atoms with E-state index >= 15 is 0 Å². The van der Waals surface area contributed by atoms with Crippen molar-refractivity contribution in [3.63, 3.8) is 0 Å². The number of aryl methyl sites for hydroxylation is 1. The Labute approximate surface area is 148 Å². The number of benzene rings is 1. The maximum atomic E-state index is 13.3. The molecule has 132 valence electrons. The zero-order valence-electron chi connectivity index (χ0n) is 13.6. The van der Waals surface area contributed by atoms with Crippen molar-refractivity contribution in [2.45, 2.75) is 19.8 Å². The number of ether oxygens (including phenoxy) is 1. The van der Waals surface area contributed by atoms with E-state index in [9.17, 15) is 8.78 Å². The smallest absolute Gasteiger partial charge is 0.317 e. The highest BCUT2D eigenvalue weighted by Crippen LogP contribution is 2.28. The summed E-state index contributed by atoms with van der Waals surface area (Å²) >= 11 is 5.83. The molecule has 6 nitrogen and oxygen atoms in total. The van der Waals surface area contributed by atoms with E-state index < -0.39 is 5.92 Å². The van der Waals surface area contributed by atoms with Gasteiger partial charge in [0.1, 0.15) is 12.3 Å². The largest absolute Gasteiger partial charge is 0.457 e. The van der Waals surface area contributed by atoms with Crippen molar-refractivity contribution < 1.29 is 13.5 Å². The number of alkyl halides is 2. The number of aromatic nitrogens is 2. The summed E-state index contributed by atoms with van der Waals surface area (Å²) in [5, 5.41) is 6.56. The average molecular weight is 368 g/mol. The first-order valence-electron chi connectivity index (χ1n) is 7.23. The molecule has 2 aromatic rings. The second kappa shape index (κ2) is 7.98. The molecule has 0 saturated carbocycles. The first-order chi connectivity index (χ1) is 11.8. The first-order valence-corrected chi connectivity index (χ1v) is 7.60. The molecule has 0 aliphatic rings. The van der Waals surface area contributed by atoms with Gasteiger partial charge in [0, 0.05) is 24.4 Å². The average Bonchev–Trinajstić information content (AvgIpc) is 2.57. The topological polar surface area (TPSA) is 83.2 Å². The Morgan fingerprint density at radius 1 is 1.48 bits per heavy atom. The summed E-state index contributed by atoms with van der Waals surface area (Å²) in [5.41, 5.74) is 8.29. The minimum atomic E-state index is -2.93. The van der Waals surface area contributed by atoms with Gasteiger partial charge in [0.05, 0.1) is 16.9 Å². The molecule has 1 heterocycles. The van der Waals surface area contributed by atoms with Gasteiger partial charge in [0.15, 0.2) is 0 Å². The van der Waals surface area contributed by atoms with E-state index in [4.69, 9.17) is 21.9 Å². The van der Waals surface area contributed by atoms with Crippen LogP contribution in [0.15, 0.2) is 47.5 Å². The Hall–Kier alpha value is -2.61. The summed E-state index contributed by atoms with van der Waals surface area (Å²) in [5.74, 6) is -2.93. The molecule has 0 fully saturated rings. The van der Waals surface area contributed by atoms with Gasteiger partial charge in [-0.3, -0.25) is 0 Å². The van der Waals surface area contributed by atoms with E-state index in [0.717, 1.165) is 6.92 Å². The fourth-order valence-electron chi connectivity index (χ4n) is 1.79. The summed E-state index contributed by atoms with van der Waals surface area (Å²) in [6.45, 7) is 2.47. The predicted octanol–water partition coefficient (Wildman–Crippen LogP) is 4.91. The normalized spacial score (nSPS) is 12.0. The maximum Gasteiger partial charge on any atom is 0.317 e. The summed E-state index contributed by atoms with van der Waals surface area (Å²) in [4.78, 5) is 7.94. The first kappa shape index (κ1) is 18.7. The van der Waals surface area contributed by atoms with Gasteiger partial charge in [-0.05, 0) is 19.1 Å². The summed E-state index contributed by atoms with van der Waals surface area (Å²) < 4.78 is 32.0. The summed E-state index contributed by atoms with van der Waals surface area (Å²) in [6.07, 6.45) is 2.80. The van der Waals surface area contributed by atoms with Gasteiger partial charge in [-0.2, -0.15) is 10.1 Å². The van der Waals surface area contributed by atoms with Gasteiger partial charge >= 0.3 is 6.01 Å². The van der Waals surface area contributed by atoms with Crippen LogP contribution >= 0.6 is 11.6 Å². The fraction of sp³-hybridized carbons (Fsp3) is 0.250. The summed E-state index contributed by atoms with van der Waals surface area (Å²) in [6, 6.07) is 5.91. The van der Waals surface area contributed by atoms with Crippen LogP contribution in [0.3, 0.4) is 0 Å². The van der Waals surface area contributed by atoms with Crippen molar-refractivity contribution in [2.75, 3.05) is 11.9 Å². The standard InChI is InChI=1S/C16H16ClF2N5O/c1-10-14(17)8-22-15(23-10)25-9-13(24-20)7-21-12-5-3-4-11(6-12)16(2,18)19/h3-8,20-21H,9H2,1-2H3/b13-7-,24-20?. The zero-order chi connectivity index (χ0) is 18.4. The molecule has 0 amide bonds. The van der Waals surface area contributed by atoms with Gasteiger partial charge in [0.2, 0.25) is 0 Å². The second-order valence-electron chi connectivity index (χ2n) is 5.24. The van der Waals surface area contributed by atoms with Crippen molar-refractivity contribution in [3.8, 4) is 6.01 Å². The lowest BCUT2D eigenvalue weighted by molar-refractivity contribution is 0.0175. The van der Waals surface area contributed by atoms with Gasteiger partial charge in [-0.1, -0.05) is 23.7 Å². The number of nitrogens with one attached hydrogen (secondary N) is 2. The van der Waals surface area contributed by atoms with Crippen molar-refractivity contribution in [2.24, 2.45) is 5.11 Å². The van der Waals surface area contributed by atoms with Crippen molar-refractivity contribution in [1.29, 1.82) is 5.53 Å². The van der Waals surface area contributed by atoms with Crippen LogP contribution in [0.5, 0.6) is 6.01 Å². The number of anilines is 1. The van der Waals surface area contributed by atoms with Crippen molar-refractivity contribution in [1.82, 2.24) is 9.97 Å². The Balaban J connectivity index is 2.03. The van der Waals surface area contributed by atoms with Gasteiger partial charge in [0.25, 0.3) is 5.92 Å². The molecule has 0 saturated heterocycles. The van der Waals surface area contributed by atoms with Crippen molar-refractivity contribution >= 4 is 17.3 Å². The Morgan fingerprint density at radius 2 is 2.24 bits per heavy atom. The van der Waals surface area contributed by atoms with Crippen LogP contribution in [0.1, 0.15) is 18.2 Å². The van der Waals surface area contributed by atoms with Crippen LogP contribution in [0.25, 0.3) is 0 Å². The molecule has 0 atom stereocenters. The number of halogens is 3. The quantitative estimate of drug-likeness (QED) is 0.681. The molecule has 25 heavy (non-hydrogen) atoms. The highest BCUT2D eigenvalue weighted by Gasteiger charge is 2.24. The fourth-order valence-corrected chi connectivity index (χ4v) is 1.89. The van der Waals surface area contributed by atoms with Gasteiger partial charge < -0.3 is 10.1 Å². The number of hydrogen-bond acceptors (Lipinski definition) is 6. The lowest BCUT2D eigenvalue weighted by Crippen LogP contribution is -2.07.